The van der Waals surface area contributed by atoms with E-state index < -0.39 is 0 Å². The molecule has 0 aliphatic rings. The SMILES string of the molecule is COc1cccnc1NCc1cnc[nH]1. The highest BCUT2D eigenvalue weighted by Gasteiger charge is 2.02. The number of hydrogen-bond donors (Lipinski definition) is 2. The molecule has 0 aliphatic heterocycles. The molecule has 0 fully saturated rings. The lowest BCUT2D eigenvalue weighted by molar-refractivity contribution is 0.415. The van der Waals surface area contributed by atoms with Gasteiger partial charge in [0.15, 0.2) is 11.6 Å². The molecule has 0 atom stereocenters. The molecule has 0 radical (unpaired) electrons. The van der Waals surface area contributed by atoms with E-state index in [0.29, 0.717) is 6.54 Å². The van der Waals surface area contributed by atoms with Crippen molar-refractivity contribution in [3.8, 4) is 5.75 Å². The number of pyridine rings is 1. The molecule has 2 aromatic heterocycles. The van der Waals surface area contributed by atoms with Crippen LogP contribution in [-0.2, 0) is 6.54 Å². The molecule has 0 aliphatic carbocycles. The predicted octanol–water partition coefficient (Wildman–Crippen LogP) is 1.43. The smallest absolute Gasteiger partial charge is 0.169 e. The number of imidazole rings is 1. The molecule has 2 heterocycles. The second kappa shape index (κ2) is 4.45. The van der Waals surface area contributed by atoms with Gasteiger partial charge in [-0.1, -0.05) is 0 Å². The Balaban J connectivity index is 2.04. The average Bonchev–Trinajstić information content (AvgIpc) is 2.79. The van der Waals surface area contributed by atoms with E-state index in [1.165, 1.54) is 0 Å². The van der Waals surface area contributed by atoms with Gasteiger partial charge in [0.05, 0.1) is 25.7 Å². The number of rotatable bonds is 4. The monoisotopic (exact) mass is 204 g/mol. The van der Waals surface area contributed by atoms with Crippen LogP contribution in [0, 0.1) is 0 Å². The van der Waals surface area contributed by atoms with Crippen LogP contribution in [0.15, 0.2) is 30.9 Å². The van der Waals surface area contributed by atoms with E-state index in [1.54, 1.807) is 25.8 Å². The maximum absolute atomic E-state index is 5.16. The van der Waals surface area contributed by atoms with Crippen LogP contribution in [0.3, 0.4) is 0 Å². The van der Waals surface area contributed by atoms with Crippen molar-refractivity contribution in [1.82, 2.24) is 15.0 Å². The van der Waals surface area contributed by atoms with Crippen molar-refractivity contribution in [3.63, 3.8) is 0 Å². The summed E-state index contributed by atoms with van der Waals surface area (Å²) in [5.74, 6) is 1.46. The molecule has 0 aromatic carbocycles. The van der Waals surface area contributed by atoms with E-state index in [4.69, 9.17) is 4.74 Å². The van der Waals surface area contributed by atoms with E-state index in [9.17, 15) is 0 Å². The van der Waals surface area contributed by atoms with Gasteiger partial charge >= 0.3 is 0 Å². The highest BCUT2D eigenvalue weighted by atomic mass is 16.5. The summed E-state index contributed by atoms with van der Waals surface area (Å²) in [6.45, 7) is 0.646. The van der Waals surface area contributed by atoms with Crippen molar-refractivity contribution < 1.29 is 4.74 Å². The van der Waals surface area contributed by atoms with E-state index >= 15 is 0 Å². The van der Waals surface area contributed by atoms with Crippen molar-refractivity contribution in [2.45, 2.75) is 6.54 Å². The highest BCUT2D eigenvalue weighted by molar-refractivity contribution is 5.49. The van der Waals surface area contributed by atoms with Gasteiger partial charge in [-0.25, -0.2) is 9.97 Å². The fraction of sp³-hybridized carbons (Fsp3) is 0.200. The van der Waals surface area contributed by atoms with Crippen molar-refractivity contribution in [2.24, 2.45) is 0 Å². The zero-order valence-electron chi connectivity index (χ0n) is 8.40. The lowest BCUT2D eigenvalue weighted by atomic mass is 10.4. The number of anilines is 1. The molecule has 0 amide bonds. The predicted molar refractivity (Wildman–Crippen MR) is 56.7 cm³/mol. The van der Waals surface area contributed by atoms with E-state index in [2.05, 4.69) is 20.3 Å². The number of nitrogens with one attached hydrogen (secondary N) is 2. The van der Waals surface area contributed by atoms with Crippen LogP contribution in [0.2, 0.25) is 0 Å². The second-order valence-corrected chi connectivity index (χ2v) is 2.98. The van der Waals surface area contributed by atoms with Gasteiger partial charge in [-0.2, -0.15) is 0 Å². The largest absolute Gasteiger partial charge is 0.493 e. The Bertz CT molecular complexity index is 413. The molecule has 0 bridgehead atoms. The Morgan fingerprint density at radius 1 is 1.53 bits per heavy atom. The molecule has 5 nitrogen and oxygen atoms in total. The lowest BCUT2D eigenvalue weighted by Gasteiger charge is -2.08. The van der Waals surface area contributed by atoms with Gasteiger partial charge in [-0.15, -0.1) is 0 Å². The summed E-state index contributed by atoms with van der Waals surface area (Å²) in [5, 5.41) is 3.16. The van der Waals surface area contributed by atoms with E-state index in [-0.39, 0.29) is 0 Å². The Morgan fingerprint density at radius 2 is 2.47 bits per heavy atom. The first-order valence-corrected chi connectivity index (χ1v) is 4.60. The molecular formula is C10H12N4O. The number of ether oxygens (including phenoxy) is 1. The standard InChI is InChI=1S/C10H12N4O/c1-15-9-3-2-4-12-10(9)13-6-8-5-11-7-14-8/h2-5,7H,6H2,1H3,(H,11,14)(H,12,13). The lowest BCUT2D eigenvalue weighted by Crippen LogP contribution is -2.03. The van der Waals surface area contributed by atoms with Gasteiger partial charge in [-0.05, 0) is 12.1 Å². The first-order valence-electron chi connectivity index (χ1n) is 4.60. The van der Waals surface area contributed by atoms with E-state index in [0.717, 1.165) is 17.3 Å². The van der Waals surface area contributed by atoms with Gasteiger partial charge < -0.3 is 15.0 Å². The van der Waals surface area contributed by atoms with Crippen molar-refractivity contribution in [3.05, 3.63) is 36.5 Å². The molecule has 0 saturated heterocycles. The fourth-order valence-corrected chi connectivity index (χ4v) is 1.25. The number of aromatic nitrogens is 3. The number of nitrogens with zero attached hydrogens (tertiary/aromatic N) is 2. The summed E-state index contributed by atoms with van der Waals surface area (Å²) in [4.78, 5) is 11.1. The zero-order chi connectivity index (χ0) is 10.5. The third kappa shape index (κ3) is 2.25. The quantitative estimate of drug-likeness (QED) is 0.790. The minimum atomic E-state index is 0.646. The first kappa shape index (κ1) is 9.51. The van der Waals surface area contributed by atoms with E-state index in [1.807, 2.05) is 12.1 Å². The van der Waals surface area contributed by atoms with Crippen LogP contribution in [0.4, 0.5) is 5.82 Å². The Morgan fingerprint density at radius 3 is 3.20 bits per heavy atom. The molecule has 15 heavy (non-hydrogen) atoms. The summed E-state index contributed by atoms with van der Waals surface area (Å²) >= 11 is 0. The number of hydrogen-bond acceptors (Lipinski definition) is 4. The zero-order valence-corrected chi connectivity index (χ0v) is 8.40. The molecule has 2 aromatic rings. The van der Waals surface area contributed by atoms with Crippen LogP contribution in [0.25, 0.3) is 0 Å². The minimum Gasteiger partial charge on any atom is -0.493 e. The molecule has 0 saturated carbocycles. The molecule has 78 valence electrons. The molecule has 0 spiro atoms. The fourth-order valence-electron chi connectivity index (χ4n) is 1.25. The third-order valence-electron chi connectivity index (χ3n) is 1.99. The van der Waals surface area contributed by atoms with Crippen LogP contribution in [-0.4, -0.2) is 22.1 Å². The number of aromatic amines is 1. The summed E-state index contributed by atoms with van der Waals surface area (Å²) in [6.07, 6.45) is 5.13. The van der Waals surface area contributed by atoms with Gasteiger partial charge in [0.2, 0.25) is 0 Å². The van der Waals surface area contributed by atoms with Crippen LogP contribution in [0.1, 0.15) is 5.69 Å². The number of H-pyrrole nitrogens is 1. The summed E-state index contributed by atoms with van der Waals surface area (Å²) in [5.41, 5.74) is 1.00. The molecular weight excluding hydrogens is 192 g/mol. The van der Waals surface area contributed by atoms with Crippen molar-refractivity contribution in [1.29, 1.82) is 0 Å². The van der Waals surface area contributed by atoms with Crippen molar-refractivity contribution in [2.75, 3.05) is 12.4 Å². The second-order valence-electron chi connectivity index (χ2n) is 2.98. The van der Waals surface area contributed by atoms with Crippen LogP contribution in [0.5, 0.6) is 5.75 Å². The van der Waals surface area contributed by atoms with Crippen LogP contribution < -0.4 is 10.1 Å². The normalized spacial score (nSPS) is 9.93. The molecule has 2 N–H and O–H groups in total. The molecule has 0 unspecified atom stereocenters. The topological polar surface area (TPSA) is 62.8 Å². The minimum absolute atomic E-state index is 0.646. The highest BCUT2D eigenvalue weighted by Crippen LogP contribution is 2.20. The average molecular weight is 204 g/mol. The third-order valence-corrected chi connectivity index (χ3v) is 1.99. The Hall–Kier alpha value is -2.04. The van der Waals surface area contributed by atoms with Gasteiger partial charge in [0.25, 0.3) is 0 Å². The van der Waals surface area contributed by atoms with Crippen molar-refractivity contribution >= 4 is 5.82 Å². The molecule has 5 heteroatoms. The molecule has 2 rings (SSSR count). The Kier molecular flexibility index (Phi) is 2.82. The summed E-state index contributed by atoms with van der Waals surface area (Å²) in [7, 11) is 1.62. The van der Waals surface area contributed by atoms with Gasteiger partial charge in [-0.3, -0.25) is 0 Å². The summed E-state index contributed by atoms with van der Waals surface area (Å²) in [6, 6.07) is 3.70. The first-order chi connectivity index (χ1) is 7.40. The Labute approximate surface area is 87.5 Å². The maximum Gasteiger partial charge on any atom is 0.169 e. The van der Waals surface area contributed by atoms with Crippen LogP contribution >= 0.6 is 0 Å². The van der Waals surface area contributed by atoms with Gasteiger partial charge in [0, 0.05) is 12.4 Å². The number of methoxy groups -OCH3 is 1. The summed E-state index contributed by atoms with van der Waals surface area (Å²) < 4.78 is 5.16. The van der Waals surface area contributed by atoms with Gasteiger partial charge in [0.1, 0.15) is 0 Å². The maximum atomic E-state index is 5.16.